The second-order valence-electron chi connectivity index (χ2n) is 4.89. The molecule has 3 rings (SSSR count). The van der Waals surface area contributed by atoms with Crippen molar-refractivity contribution in [3.63, 3.8) is 0 Å². The molecule has 0 bridgehead atoms. The lowest BCUT2D eigenvalue weighted by atomic mass is 9.97. The Hall–Kier alpha value is -2.30. The molecule has 0 radical (unpaired) electrons. The zero-order valence-corrected chi connectivity index (χ0v) is 11.3. The van der Waals surface area contributed by atoms with Crippen LogP contribution in [0.4, 0.5) is 5.69 Å². The lowest BCUT2D eigenvalue weighted by molar-refractivity contribution is 0.0951. The van der Waals surface area contributed by atoms with E-state index in [4.69, 9.17) is 0 Å². The first-order chi connectivity index (χ1) is 9.84. The predicted octanol–water partition coefficient (Wildman–Crippen LogP) is 1.67. The van der Waals surface area contributed by atoms with Gasteiger partial charge in [-0.3, -0.25) is 9.48 Å². The SMILES string of the molecule is O=C(NCCn1cccn1)c1cccc2c1CCCN2. The number of amides is 1. The average molecular weight is 270 g/mol. The summed E-state index contributed by atoms with van der Waals surface area (Å²) in [6.45, 7) is 2.25. The second-order valence-corrected chi connectivity index (χ2v) is 4.89. The van der Waals surface area contributed by atoms with E-state index in [1.807, 2.05) is 35.1 Å². The van der Waals surface area contributed by atoms with Gasteiger partial charge in [-0.25, -0.2) is 0 Å². The highest BCUT2D eigenvalue weighted by Crippen LogP contribution is 2.25. The monoisotopic (exact) mass is 270 g/mol. The Labute approximate surface area is 118 Å². The van der Waals surface area contributed by atoms with E-state index in [-0.39, 0.29) is 5.91 Å². The standard InChI is InChI=1S/C15H18N4O/c20-15(17-9-11-19-10-3-8-18-19)13-4-1-6-14-12(13)5-2-7-16-14/h1,3-4,6,8,10,16H,2,5,7,9,11H2,(H,17,20). The van der Waals surface area contributed by atoms with Gasteiger partial charge in [-0.2, -0.15) is 5.10 Å². The molecular formula is C15H18N4O. The van der Waals surface area contributed by atoms with Crippen LogP contribution in [0.25, 0.3) is 0 Å². The fourth-order valence-electron chi connectivity index (χ4n) is 2.53. The molecule has 20 heavy (non-hydrogen) atoms. The maximum absolute atomic E-state index is 12.3. The number of anilines is 1. The number of fused-ring (bicyclic) bond motifs is 1. The van der Waals surface area contributed by atoms with E-state index in [0.717, 1.165) is 36.2 Å². The van der Waals surface area contributed by atoms with E-state index in [1.165, 1.54) is 0 Å². The molecule has 0 fully saturated rings. The van der Waals surface area contributed by atoms with Crippen LogP contribution in [-0.4, -0.2) is 28.8 Å². The molecule has 104 valence electrons. The van der Waals surface area contributed by atoms with Gasteiger partial charge in [-0.05, 0) is 36.6 Å². The number of carbonyl (C=O) groups is 1. The van der Waals surface area contributed by atoms with Crippen LogP contribution in [-0.2, 0) is 13.0 Å². The van der Waals surface area contributed by atoms with Crippen molar-refractivity contribution in [1.82, 2.24) is 15.1 Å². The summed E-state index contributed by atoms with van der Waals surface area (Å²) in [4.78, 5) is 12.3. The highest BCUT2D eigenvalue weighted by Gasteiger charge is 2.16. The zero-order chi connectivity index (χ0) is 13.8. The summed E-state index contributed by atoms with van der Waals surface area (Å²) in [5, 5.41) is 10.4. The third-order valence-electron chi connectivity index (χ3n) is 3.53. The van der Waals surface area contributed by atoms with Gasteiger partial charge >= 0.3 is 0 Å². The largest absolute Gasteiger partial charge is 0.385 e. The van der Waals surface area contributed by atoms with Crippen molar-refractivity contribution in [2.75, 3.05) is 18.4 Å². The van der Waals surface area contributed by atoms with Gasteiger partial charge in [0.25, 0.3) is 5.91 Å². The Morgan fingerprint density at radius 3 is 3.20 bits per heavy atom. The molecule has 0 saturated heterocycles. The highest BCUT2D eigenvalue weighted by atomic mass is 16.1. The molecule has 5 nitrogen and oxygen atoms in total. The third-order valence-corrected chi connectivity index (χ3v) is 3.53. The Bertz CT molecular complexity index is 592. The fourth-order valence-corrected chi connectivity index (χ4v) is 2.53. The van der Waals surface area contributed by atoms with Gasteiger partial charge in [0.1, 0.15) is 0 Å². The molecule has 0 spiro atoms. The minimum absolute atomic E-state index is 0.00212. The van der Waals surface area contributed by atoms with Crippen molar-refractivity contribution < 1.29 is 4.79 Å². The van der Waals surface area contributed by atoms with E-state index in [0.29, 0.717) is 13.1 Å². The van der Waals surface area contributed by atoms with Crippen LogP contribution in [0, 0.1) is 0 Å². The van der Waals surface area contributed by atoms with Crippen molar-refractivity contribution in [1.29, 1.82) is 0 Å². The van der Waals surface area contributed by atoms with Crippen LogP contribution < -0.4 is 10.6 Å². The quantitative estimate of drug-likeness (QED) is 0.888. The van der Waals surface area contributed by atoms with Gasteiger partial charge in [-0.1, -0.05) is 6.07 Å². The first-order valence-electron chi connectivity index (χ1n) is 6.96. The van der Waals surface area contributed by atoms with E-state index in [9.17, 15) is 4.79 Å². The average Bonchev–Trinajstić information content (AvgIpc) is 3.00. The summed E-state index contributed by atoms with van der Waals surface area (Å²) in [7, 11) is 0. The number of hydrogen-bond donors (Lipinski definition) is 2. The second kappa shape index (κ2) is 5.77. The predicted molar refractivity (Wildman–Crippen MR) is 77.8 cm³/mol. The molecule has 0 unspecified atom stereocenters. The van der Waals surface area contributed by atoms with Crippen LogP contribution in [0.3, 0.4) is 0 Å². The topological polar surface area (TPSA) is 59.0 Å². The Morgan fingerprint density at radius 1 is 1.40 bits per heavy atom. The van der Waals surface area contributed by atoms with Crippen molar-refractivity contribution in [3.05, 3.63) is 47.8 Å². The summed E-state index contributed by atoms with van der Waals surface area (Å²) in [6.07, 6.45) is 5.66. The van der Waals surface area contributed by atoms with Gasteiger partial charge in [-0.15, -0.1) is 0 Å². The molecule has 0 aliphatic carbocycles. The van der Waals surface area contributed by atoms with Gasteiger partial charge in [0.2, 0.25) is 0 Å². The molecule has 2 aromatic rings. The summed E-state index contributed by atoms with van der Waals surface area (Å²) in [5.74, 6) is -0.00212. The molecule has 0 saturated carbocycles. The Morgan fingerprint density at radius 2 is 2.35 bits per heavy atom. The number of rotatable bonds is 4. The summed E-state index contributed by atoms with van der Waals surface area (Å²) < 4.78 is 1.81. The molecule has 5 heteroatoms. The molecule has 0 atom stereocenters. The van der Waals surface area contributed by atoms with Crippen molar-refractivity contribution in [2.45, 2.75) is 19.4 Å². The summed E-state index contributed by atoms with van der Waals surface area (Å²) >= 11 is 0. The highest BCUT2D eigenvalue weighted by molar-refractivity contribution is 5.97. The van der Waals surface area contributed by atoms with E-state index >= 15 is 0 Å². The number of hydrogen-bond acceptors (Lipinski definition) is 3. The number of carbonyl (C=O) groups excluding carboxylic acids is 1. The van der Waals surface area contributed by atoms with Crippen LogP contribution >= 0.6 is 0 Å². The van der Waals surface area contributed by atoms with Crippen LogP contribution in [0.15, 0.2) is 36.7 Å². The normalized spacial score (nSPS) is 13.4. The van der Waals surface area contributed by atoms with E-state index < -0.39 is 0 Å². The van der Waals surface area contributed by atoms with Gasteiger partial charge in [0.05, 0.1) is 6.54 Å². The van der Waals surface area contributed by atoms with Crippen molar-refractivity contribution in [3.8, 4) is 0 Å². The maximum Gasteiger partial charge on any atom is 0.251 e. The Balaban J connectivity index is 1.65. The Kier molecular flexibility index (Phi) is 3.67. The first kappa shape index (κ1) is 12.7. The zero-order valence-electron chi connectivity index (χ0n) is 11.3. The van der Waals surface area contributed by atoms with Crippen molar-refractivity contribution >= 4 is 11.6 Å². The smallest absolute Gasteiger partial charge is 0.251 e. The molecular weight excluding hydrogens is 252 g/mol. The molecule has 1 aromatic carbocycles. The van der Waals surface area contributed by atoms with E-state index in [2.05, 4.69) is 15.7 Å². The summed E-state index contributed by atoms with van der Waals surface area (Å²) in [6, 6.07) is 7.74. The molecule has 1 aliphatic rings. The van der Waals surface area contributed by atoms with Gasteiger partial charge in [0.15, 0.2) is 0 Å². The maximum atomic E-state index is 12.3. The fraction of sp³-hybridized carbons (Fsp3) is 0.333. The molecule has 1 aromatic heterocycles. The lowest BCUT2D eigenvalue weighted by Gasteiger charge is -2.20. The van der Waals surface area contributed by atoms with Crippen LogP contribution in [0.1, 0.15) is 22.3 Å². The van der Waals surface area contributed by atoms with E-state index in [1.54, 1.807) is 6.20 Å². The molecule has 2 heterocycles. The minimum atomic E-state index is -0.00212. The molecule has 1 amide bonds. The van der Waals surface area contributed by atoms with Gasteiger partial charge < -0.3 is 10.6 Å². The lowest BCUT2D eigenvalue weighted by Crippen LogP contribution is -2.29. The number of nitrogens with one attached hydrogen (secondary N) is 2. The van der Waals surface area contributed by atoms with Crippen LogP contribution in [0.2, 0.25) is 0 Å². The molecule has 2 N–H and O–H groups in total. The minimum Gasteiger partial charge on any atom is -0.385 e. The number of nitrogens with zero attached hydrogens (tertiary/aromatic N) is 2. The first-order valence-corrected chi connectivity index (χ1v) is 6.96. The third kappa shape index (κ3) is 2.66. The summed E-state index contributed by atoms with van der Waals surface area (Å²) in [5.41, 5.74) is 3.02. The van der Waals surface area contributed by atoms with Gasteiger partial charge in [0, 0.05) is 36.7 Å². The van der Waals surface area contributed by atoms with Crippen molar-refractivity contribution in [2.24, 2.45) is 0 Å². The van der Waals surface area contributed by atoms with Crippen LogP contribution in [0.5, 0.6) is 0 Å². The molecule has 1 aliphatic heterocycles. The number of benzene rings is 1. The number of aromatic nitrogens is 2.